The van der Waals surface area contributed by atoms with Crippen LogP contribution in [-0.4, -0.2) is 16.1 Å². The average Bonchev–Trinajstić information content (AvgIpc) is 2.64. The Kier molecular flexibility index (Phi) is 3.59. The van der Waals surface area contributed by atoms with Crippen molar-refractivity contribution in [2.24, 2.45) is 0 Å². The monoisotopic (exact) mass is 283 g/mol. The number of nitrogens with zero attached hydrogens (tertiary/aromatic N) is 1. The minimum atomic E-state index is -0.310. The Labute approximate surface area is 114 Å². The number of amides is 1. The lowest BCUT2D eigenvalue weighted by molar-refractivity contribution is 0.102. The van der Waals surface area contributed by atoms with Crippen LogP contribution in [0.1, 0.15) is 21.7 Å². The number of hydrogen-bond donors (Lipinski definition) is 2. The second-order valence-electron chi connectivity index (χ2n) is 3.89. The predicted octanol–water partition coefficient (Wildman–Crippen LogP) is 3.59. The third kappa shape index (κ3) is 2.49. The summed E-state index contributed by atoms with van der Waals surface area (Å²) in [6, 6.07) is 4.76. The minimum absolute atomic E-state index is 0.310. The summed E-state index contributed by atoms with van der Waals surface area (Å²) in [5, 5.41) is 10.4. The zero-order chi connectivity index (χ0) is 13.3. The normalized spacial score (nSPS) is 10.4. The molecule has 1 aromatic heterocycles. The number of nitrogens with one attached hydrogen (secondary N) is 2. The van der Waals surface area contributed by atoms with Crippen LogP contribution in [0, 0.1) is 13.8 Å². The molecule has 0 aliphatic heterocycles. The van der Waals surface area contributed by atoms with Gasteiger partial charge in [-0.05, 0) is 32.0 Å². The van der Waals surface area contributed by atoms with Crippen molar-refractivity contribution in [1.29, 1.82) is 0 Å². The molecule has 2 rings (SSSR count). The largest absolute Gasteiger partial charge is 0.319 e. The first-order chi connectivity index (χ1) is 8.49. The van der Waals surface area contributed by atoms with E-state index in [9.17, 15) is 4.79 Å². The van der Waals surface area contributed by atoms with Crippen LogP contribution in [0.15, 0.2) is 18.2 Å². The van der Waals surface area contributed by atoms with Crippen LogP contribution < -0.4 is 5.32 Å². The summed E-state index contributed by atoms with van der Waals surface area (Å²) in [6.07, 6.45) is 0. The van der Waals surface area contributed by atoms with E-state index in [4.69, 9.17) is 23.2 Å². The van der Waals surface area contributed by atoms with Gasteiger partial charge in [-0.3, -0.25) is 9.89 Å². The number of H-pyrrole nitrogens is 1. The Morgan fingerprint density at radius 3 is 2.67 bits per heavy atom. The highest BCUT2D eigenvalue weighted by Gasteiger charge is 2.14. The van der Waals surface area contributed by atoms with E-state index >= 15 is 0 Å². The number of aromatic amines is 1. The van der Waals surface area contributed by atoms with Gasteiger partial charge in [0.05, 0.1) is 27.7 Å². The molecule has 1 aromatic carbocycles. The van der Waals surface area contributed by atoms with Crippen molar-refractivity contribution in [1.82, 2.24) is 10.2 Å². The topological polar surface area (TPSA) is 57.8 Å². The number of anilines is 1. The Bertz CT molecular complexity index is 588. The number of rotatable bonds is 2. The van der Waals surface area contributed by atoms with E-state index < -0.39 is 0 Å². The summed E-state index contributed by atoms with van der Waals surface area (Å²) in [6.45, 7) is 3.63. The first kappa shape index (κ1) is 12.9. The van der Waals surface area contributed by atoms with Crippen molar-refractivity contribution < 1.29 is 4.79 Å². The van der Waals surface area contributed by atoms with Gasteiger partial charge >= 0.3 is 0 Å². The van der Waals surface area contributed by atoms with Crippen molar-refractivity contribution in [3.05, 3.63) is 45.2 Å². The molecule has 2 N–H and O–H groups in total. The Morgan fingerprint density at radius 2 is 2.06 bits per heavy atom. The number of aryl methyl sites for hydroxylation is 2. The Hall–Kier alpha value is -1.52. The fourth-order valence-electron chi connectivity index (χ4n) is 1.59. The van der Waals surface area contributed by atoms with Crippen LogP contribution in [0.3, 0.4) is 0 Å². The molecule has 18 heavy (non-hydrogen) atoms. The SMILES string of the molecule is Cc1n[nH]c(C)c1NC(=O)c1cc(Cl)ccc1Cl. The second-order valence-corrected chi connectivity index (χ2v) is 4.73. The van der Waals surface area contributed by atoms with Crippen molar-refractivity contribution >= 4 is 34.8 Å². The summed E-state index contributed by atoms with van der Waals surface area (Å²) in [5.74, 6) is -0.310. The summed E-state index contributed by atoms with van der Waals surface area (Å²) in [7, 11) is 0. The van der Waals surface area contributed by atoms with Crippen LogP contribution in [0.2, 0.25) is 10.0 Å². The fourth-order valence-corrected chi connectivity index (χ4v) is 1.96. The van der Waals surface area contributed by atoms with Gasteiger partial charge in [-0.25, -0.2) is 0 Å². The molecular formula is C12H11Cl2N3O. The van der Waals surface area contributed by atoms with E-state index in [0.717, 1.165) is 11.4 Å². The molecule has 1 heterocycles. The van der Waals surface area contributed by atoms with Gasteiger partial charge in [0.25, 0.3) is 5.91 Å². The van der Waals surface area contributed by atoms with E-state index in [1.807, 2.05) is 6.92 Å². The van der Waals surface area contributed by atoms with E-state index in [-0.39, 0.29) is 5.91 Å². The number of benzene rings is 1. The molecular weight excluding hydrogens is 273 g/mol. The number of aromatic nitrogens is 2. The molecule has 2 aromatic rings. The minimum Gasteiger partial charge on any atom is -0.319 e. The van der Waals surface area contributed by atoms with Gasteiger partial charge < -0.3 is 5.32 Å². The van der Waals surface area contributed by atoms with Crippen molar-refractivity contribution in [2.45, 2.75) is 13.8 Å². The van der Waals surface area contributed by atoms with E-state index in [2.05, 4.69) is 15.5 Å². The van der Waals surface area contributed by atoms with Gasteiger partial charge in [0, 0.05) is 5.02 Å². The van der Waals surface area contributed by atoms with Gasteiger partial charge in [-0.15, -0.1) is 0 Å². The highest BCUT2D eigenvalue weighted by atomic mass is 35.5. The van der Waals surface area contributed by atoms with Crippen molar-refractivity contribution in [2.75, 3.05) is 5.32 Å². The average molecular weight is 284 g/mol. The van der Waals surface area contributed by atoms with Crippen LogP contribution in [0.4, 0.5) is 5.69 Å². The van der Waals surface area contributed by atoms with Crippen LogP contribution in [0.5, 0.6) is 0 Å². The summed E-state index contributed by atoms with van der Waals surface area (Å²) in [5.41, 5.74) is 2.51. The molecule has 0 saturated carbocycles. The number of hydrogen-bond acceptors (Lipinski definition) is 2. The fraction of sp³-hybridized carbons (Fsp3) is 0.167. The van der Waals surface area contributed by atoms with Crippen molar-refractivity contribution in [3.8, 4) is 0 Å². The summed E-state index contributed by atoms with van der Waals surface area (Å²) in [4.78, 5) is 12.1. The predicted molar refractivity (Wildman–Crippen MR) is 72.5 cm³/mol. The summed E-state index contributed by atoms with van der Waals surface area (Å²) < 4.78 is 0. The molecule has 1 amide bonds. The maximum absolute atomic E-state index is 12.1. The summed E-state index contributed by atoms with van der Waals surface area (Å²) >= 11 is 11.8. The quantitative estimate of drug-likeness (QED) is 0.885. The standard InChI is InChI=1S/C12H11Cl2N3O/c1-6-11(7(2)17-16-6)15-12(18)9-5-8(13)3-4-10(9)14/h3-5H,1-2H3,(H,15,18)(H,16,17). The Balaban J connectivity index is 2.30. The zero-order valence-electron chi connectivity index (χ0n) is 9.84. The van der Waals surface area contributed by atoms with Crippen LogP contribution >= 0.6 is 23.2 Å². The molecule has 0 aliphatic carbocycles. The number of carbonyl (C=O) groups is 1. The maximum Gasteiger partial charge on any atom is 0.257 e. The first-order valence-corrected chi connectivity index (χ1v) is 6.02. The number of carbonyl (C=O) groups excluding carboxylic acids is 1. The molecule has 0 fully saturated rings. The molecule has 6 heteroatoms. The molecule has 0 bridgehead atoms. The third-order valence-corrected chi connectivity index (χ3v) is 3.10. The van der Waals surface area contributed by atoms with Gasteiger partial charge in [-0.2, -0.15) is 5.10 Å². The number of halogens is 2. The molecule has 94 valence electrons. The van der Waals surface area contributed by atoms with Gasteiger partial charge in [-0.1, -0.05) is 23.2 Å². The highest BCUT2D eigenvalue weighted by Crippen LogP contribution is 2.23. The van der Waals surface area contributed by atoms with Crippen LogP contribution in [0.25, 0.3) is 0 Å². The maximum atomic E-state index is 12.1. The lowest BCUT2D eigenvalue weighted by Gasteiger charge is -2.07. The molecule has 0 aliphatic rings. The Morgan fingerprint density at radius 1 is 1.33 bits per heavy atom. The van der Waals surface area contributed by atoms with E-state index in [1.54, 1.807) is 19.1 Å². The lowest BCUT2D eigenvalue weighted by Crippen LogP contribution is -2.13. The van der Waals surface area contributed by atoms with E-state index in [0.29, 0.717) is 21.3 Å². The van der Waals surface area contributed by atoms with Crippen LogP contribution in [-0.2, 0) is 0 Å². The van der Waals surface area contributed by atoms with Gasteiger partial charge in [0.15, 0.2) is 0 Å². The first-order valence-electron chi connectivity index (χ1n) is 5.27. The molecule has 0 radical (unpaired) electrons. The lowest BCUT2D eigenvalue weighted by atomic mass is 10.2. The van der Waals surface area contributed by atoms with E-state index in [1.165, 1.54) is 6.07 Å². The molecule has 0 atom stereocenters. The second kappa shape index (κ2) is 5.00. The molecule has 0 unspecified atom stereocenters. The van der Waals surface area contributed by atoms with Gasteiger partial charge in [0.1, 0.15) is 0 Å². The molecule has 4 nitrogen and oxygen atoms in total. The zero-order valence-corrected chi connectivity index (χ0v) is 11.4. The third-order valence-electron chi connectivity index (χ3n) is 2.54. The smallest absolute Gasteiger partial charge is 0.257 e. The van der Waals surface area contributed by atoms with Gasteiger partial charge in [0.2, 0.25) is 0 Å². The van der Waals surface area contributed by atoms with Crippen molar-refractivity contribution in [3.63, 3.8) is 0 Å². The highest BCUT2D eigenvalue weighted by molar-refractivity contribution is 6.36. The molecule has 0 spiro atoms. The molecule has 0 saturated heterocycles.